The van der Waals surface area contributed by atoms with Crippen LogP contribution >= 0.6 is 0 Å². The average molecular weight is 313 g/mol. The van der Waals surface area contributed by atoms with Gasteiger partial charge in [-0.3, -0.25) is 4.79 Å². The topological polar surface area (TPSA) is 74.8 Å². The molecule has 1 unspecified atom stereocenters. The minimum atomic E-state index is -0.535. The molecule has 6 nitrogen and oxygen atoms in total. The highest BCUT2D eigenvalue weighted by Crippen LogP contribution is 2.30. The lowest BCUT2D eigenvalue weighted by Crippen LogP contribution is -2.47. The Morgan fingerprint density at radius 3 is 2.70 bits per heavy atom. The van der Waals surface area contributed by atoms with Crippen molar-refractivity contribution in [2.45, 2.75) is 44.9 Å². The fourth-order valence-corrected chi connectivity index (χ4v) is 3.20. The Hall–Kier alpha value is -2.24. The van der Waals surface area contributed by atoms with Crippen molar-refractivity contribution < 1.29 is 4.79 Å². The van der Waals surface area contributed by atoms with Gasteiger partial charge in [-0.1, -0.05) is 35.0 Å². The van der Waals surface area contributed by atoms with Gasteiger partial charge >= 0.3 is 0 Å². The van der Waals surface area contributed by atoms with Crippen molar-refractivity contribution in [1.29, 1.82) is 0 Å². The quantitative estimate of drug-likeness (QED) is 0.942. The lowest BCUT2D eigenvalue weighted by molar-refractivity contribution is -0.137. The van der Waals surface area contributed by atoms with E-state index in [4.69, 9.17) is 0 Å². The normalized spacial score (nSPS) is 18.9. The first kappa shape index (κ1) is 15.6. The number of aryl methyl sites for hydroxylation is 1. The molecule has 0 aliphatic carbocycles. The highest BCUT2D eigenvalue weighted by molar-refractivity contribution is 5.87. The van der Waals surface area contributed by atoms with Gasteiger partial charge in [0.15, 0.2) is 5.82 Å². The van der Waals surface area contributed by atoms with Gasteiger partial charge in [-0.2, -0.15) is 5.21 Å². The number of hydrogen-bond acceptors (Lipinski definition) is 4. The van der Waals surface area contributed by atoms with Crippen LogP contribution < -0.4 is 0 Å². The lowest BCUT2D eigenvalue weighted by atomic mass is 9.82. The van der Waals surface area contributed by atoms with Crippen molar-refractivity contribution in [3.8, 4) is 0 Å². The standard InChI is InChI=1S/C17H23N5O/c1-12-6-8-14(9-7-12)17(2,3)16(23)22-10-4-5-13(11-22)15-18-20-21-19-15/h6-9,13H,4-5,10-11H2,1-3H3,(H,18,19,20,21). The summed E-state index contributed by atoms with van der Waals surface area (Å²) in [5.74, 6) is 1.03. The van der Waals surface area contributed by atoms with E-state index in [1.807, 2.05) is 30.9 Å². The molecule has 1 aromatic carbocycles. The third-order valence-corrected chi connectivity index (χ3v) is 4.74. The number of carbonyl (C=O) groups is 1. The van der Waals surface area contributed by atoms with Gasteiger partial charge in [-0.05, 0) is 39.2 Å². The molecule has 122 valence electrons. The smallest absolute Gasteiger partial charge is 0.232 e. The van der Waals surface area contributed by atoms with E-state index in [-0.39, 0.29) is 11.8 Å². The molecule has 1 aromatic heterocycles. The van der Waals surface area contributed by atoms with Gasteiger partial charge in [0, 0.05) is 19.0 Å². The number of piperidine rings is 1. The highest BCUT2D eigenvalue weighted by atomic mass is 16.2. The molecule has 0 bridgehead atoms. The summed E-state index contributed by atoms with van der Waals surface area (Å²) < 4.78 is 0. The number of tetrazole rings is 1. The van der Waals surface area contributed by atoms with Crippen LogP contribution in [0.3, 0.4) is 0 Å². The zero-order valence-corrected chi connectivity index (χ0v) is 13.9. The highest BCUT2D eigenvalue weighted by Gasteiger charge is 2.36. The molecule has 1 saturated heterocycles. The maximum Gasteiger partial charge on any atom is 0.232 e. The van der Waals surface area contributed by atoms with Crippen molar-refractivity contribution >= 4 is 5.91 Å². The van der Waals surface area contributed by atoms with Crippen LogP contribution in [0.15, 0.2) is 24.3 Å². The van der Waals surface area contributed by atoms with Crippen LogP contribution in [-0.2, 0) is 10.2 Å². The summed E-state index contributed by atoms with van der Waals surface area (Å²) in [5, 5.41) is 14.3. The molecule has 1 N–H and O–H groups in total. The van der Waals surface area contributed by atoms with Crippen LogP contribution in [0.4, 0.5) is 0 Å². The molecule has 6 heteroatoms. The van der Waals surface area contributed by atoms with Crippen molar-refractivity contribution in [1.82, 2.24) is 25.5 Å². The molecule has 3 rings (SSSR count). The van der Waals surface area contributed by atoms with Gasteiger partial charge in [-0.25, -0.2) is 0 Å². The van der Waals surface area contributed by atoms with Gasteiger partial charge in [0.2, 0.25) is 5.91 Å². The molecule has 1 aliphatic rings. The number of rotatable bonds is 3. The van der Waals surface area contributed by atoms with Gasteiger partial charge in [0.05, 0.1) is 5.41 Å². The summed E-state index contributed by atoms with van der Waals surface area (Å²) >= 11 is 0. The molecule has 0 saturated carbocycles. The second-order valence-corrected chi connectivity index (χ2v) is 6.85. The minimum Gasteiger partial charge on any atom is -0.341 e. The first-order chi connectivity index (χ1) is 11.0. The Kier molecular flexibility index (Phi) is 4.15. The number of nitrogens with one attached hydrogen (secondary N) is 1. The fourth-order valence-electron chi connectivity index (χ4n) is 3.20. The number of likely N-dealkylation sites (tertiary alicyclic amines) is 1. The number of H-pyrrole nitrogens is 1. The van der Waals surface area contributed by atoms with E-state index >= 15 is 0 Å². The molecule has 1 aliphatic heterocycles. The second-order valence-electron chi connectivity index (χ2n) is 6.85. The SMILES string of the molecule is Cc1ccc(C(C)(C)C(=O)N2CCCC(c3nn[nH]n3)C2)cc1. The number of nitrogens with zero attached hydrogens (tertiary/aromatic N) is 4. The van der Waals surface area contributed by atoms with Gasteiger partial charge in [0.1, 0.15) is 0 Å². The Morgan fingerprint density at radius 2 is 2.04 bits per heavy atom. The second kappa shape index (κ2) is 6.10. The molecule has 2 heterocycles. The molecule has 1 atom stereocenters. The molecule has 1 fully saturated rings. The average Bonchev–Trinajstić information content (AvgIpc) is 3.09. The maximum atomic E-state index is 13.1. The Balaban J connectivity index is 1.77. The fraction of sp³-hybridized carbons (Fsp3) is 0.529. The van der Waals surface area contributed by atoms with Crippen molar-refractivity contribution in [2.75, 3.05) is 13.1 Å². The Morgan fingerprint density at radius 1 is 1.30 bits per heavy atom. The summed E-state index contributed by atoms with van der Waals surface area (Å²) in [6, 6.07) is 8.22. The third kappa shape index (κ3) is 3.11. The van der Waals surface area contributed by atoms with E-state index in [0.29, 0.717) is 12.4 Å². The Bertz CT molecular complexity index is 663. The van der Waals surface area contributed by atoms with Crippen LogP contribution in [0.1, 0.15) is 49.6 Å². The molecule has 0 spiro atoms. The molecule has 0 radical (unpaired) electrons. The summed E-state index contributed by atoms with van der Waals surface area (Å²) in [6.45, 7) is 7.50. The number of hydrogen-bond donors (Lipinski definition) is 1. The predicted molar refractivity (Wildman–Crippen MR) is 86.9 cm³/mol. The first-order valence-electron chi connectivity index (χ1n) is 8.08. The van der Waals surface area contributed by atoms with Crippen molar-refractivity contribution in [3.63, 3.8) is 0 Å². The van der Waals surface area contributed by atoms with Crippen LogP contribution in [0.5, 0.6) is 0 Å². The number of benzene rings is 1. The van der Waals surface area contributed by atoms with Gasteiger partial charge < -0.3 is 4.90 Å². The summed E-state index contributed by atoms with van der Waals surface area (Å²) in [6.07, 6.45) is 1.96. The Labute approximate surface area is 136 Å². The molecule has 1 amide bonds. The maximum absolute atomic E-state index is 13.1. The largest absolute Gasteiger partial charge is 0.341 e. The van der Waals surface area contributed by atoms with Gasteiger partial charge in [0.25, 0.3) is 0 Å². The van der Waals surface area contributed by atoms with E-state index in [9.17, 15) is 4.79 Å². The first-order valence-corrected chi connectivity index (χ1v) is 8.08. The molecule has 2 aromatic rings. The summed E-state index contributed by atoms with van der Waals surface area (Å²) in [7, 11) is 0. The van der Waals surface area contributed by atoms with Crippen molar-refractivity contribution in [3.05, 3.63) is 41.2 Å². The number of carbonyl (C=O) groups excluding carboxylic acids is 1. The number of amides is 1. The van der Waals surface area contributed by atoms with E-state index < -0.39 is 5.41 Å². The molecular formula is C17H23N5O. The van der Waals surface area contributed by atoms with Crippen LogP contribution in [0, 0.1) is 6.92 Å². The van der Waals surface area contributed by atoms with E-state index in [1.54, 1.807) is 0 Å². The minimum absolute atomic E-state index is 0.162. The van der Waals surface area contributed by atoms with Crippen molar-refractivity contribution in [2.24, 2.45) is 0 Å². The third-order valence-electron chi connectivity index (χ3n) is 4.74. The number of aromatic amines is 1. The number of aromatic nitrogens is 4. The molecule has 23 heavy (non-hydrogen) atoms. The zero-order chi connectivity index (χ0) is 16.4. The zero-order valence-electron chi connectivity index (χ0n) is 13.9. The van der Waals surface area contributed by atoms with Gasteiger partial charge in [-0.15, -0.1) is 10.2 Å². The molecular weight excluding hydrogens is 290 g/mol. The summed E-state index contributed by atoms with van der Waals surface area (Å²) in [4.78, 5) is 15.0. The van der Waals surface area contributed by atoms with E-state index in [1.165, 1.54) is 5.56 Å². The summed E-state index contributed by atoms with van der Waals surface area (Å²) in [5.41, 5.74) is 1.72. The monoisotopic (exact) mass is 313 g/mol. The van der Waals surface area contributed by atoms with Crippen LogP contribution in [0.2, 0.25) is 0 Å². The van der Waals surface area contributed by atoms with E-state index in [2.05, 4.69) is 39.7 Å². The van der Waals surface area contributed by atoms with Crippen LogP contribution in [-0.4, -0.2) is 44.5 Å². The van der Waals surface area contributed by atoms with E-state index in [0.717, 1.165) is 24.9 Å². The predicted octanol–water partition coefficient (Wildman–Crippen LogP) is 2.19. The lowest BCUT2D eigenvalue weighted by Gasteiger charge is -2.37. The van der Waals surface area contributed by atoms with Crippen LogP contribution in [0.25, 0.3) is 0 Å².